The number of amides is 2. The number of carbonyl (C=O) groups excluding carboxylic acids is 2. The maximum Gasteiger partial charge on any atom is 0.234 e. The van der Waals surface area contributed by atoms with Crippen LogP contribution in [0.25, 0.3) is 0 Å². The molecular weight excluding hydrogens is 290 g/mol. The molecule has 1 aromatic rings. The van der Waals surface area contributed by atoms with Gasteiger partial charge in [-0.2, -0.15) is 0 Å². The van der Waals surface area contributed by atoms with Crippen molar-refractivity contribution in [2.75, 3.05) is 26.2 Å². The fourth-order valence-corrected chi connectivity index (χ4v) is 2.17. The Labute approximate surface area is 139 Å². The van der Waals surface area contributed by atoms with Gasteiger partial charge in [0, 0.05) is 19.6 Å². The average molecular weight is 319 g/mol. The molecule has 0 spiro atoms. The first-order valence-electron chi connectivity index (χ1n) is 8.36. The molecule has 0 aliphatic carbocycles. The van der Waals surface area contributed by atoms with E-state index in [1.165, 1.54) is 5.56 Å². The summed E-state index contributed by atoms with van der Waals surface area (Å²) in [4.78, 5) is 25.8. The Morgan fingerprint density at radius 1 is 0.913 bits per heavy atom. The molecule has 0 heterocycles. The number of benzene rings is 1. The Hall–Kier alpha value is -1.88. The summed E-state index contributed by atoms with van der Waals surface area (Å²) in [6.45, 7) is 8.45. The minimum absolute atomic E-state index is 0.0396. The van der Waals surface area contributed by atoms with E-state index in [0.29, 0.717) is 19.6 Å². The fraction of sp³-hybridized carbons (Fsp3) is 0.556. The van der Waals surface area contributed by atoms with Crippen LogP contribution in [0.15, 0.2) is 24.3 Å². The lowest BCUT2D eigenvalue weighted by Gasteiger charge is -2.21. The molecule has 1 aromatic carbocycles. The molecule has 0 saturated carbocycles. The van der Waals surface area contributed by atoms with E-state index < -0.39 is 0 Å². The summed E-state index contributed by atoms with van der Waals surface area (Å²) in [5.41, 5.74) is 2.30. The lowest BCUT2D eigenvalue weighted by Crippen LogP contribution is -2.42. The van der Waals surface area contributed by atoms with Gasteiger partial charge in [0.15, 0.2) is 0 Å². The third-order valence-electron chi connectivity index (χ3n) is 3.41. The Bertz CT molecular complexity index is 464. The number of rotatable bonds is 10. The molecule has 2 N–H and O–H groups in total. The van der Waals surface area contributed by atoms with E-state index in [1.54, 1.807) is 0 Å². The monoisotopic (exact) mass is 319 g/mol. The Morgan fingerprint density at radius 3 is 1.83 bits per heavy atom. The first kappa shape index (κ1) is 19.2. The third kappa shape index (κ3) is 8.35. The highest BCUT2D eigenvalue weighted by atomic mass is 16.2. The second-order valence-electron chi connectivity index (χ2n) is 5.83. The van der Waals surface area contributed by atoms with Gasteiger partial charge in [0.2, 0.25) is 11.8 Å². The molecule has 0 radical (unpaired) electrons. The number of hydrogen-bond donors (Lipinski definition) is 2. The van der Waals surface area contributed by atoms with Crippen LogP contribution in [0.4, 0.5) is 0 Å². The molecule has 0 fully saturated rings. The predicted molar refractivity (Wildman–Crippen MR) is 93.1 cm³/mol. The summed E-state index contributed by atoms with van der Waals surface area (Å²) in [7, 11) is 0. The van der Waals surface area contributed by atoms with Gasteiger partial charge in [0.1, 0.15) is 0 Å². The van der Waals surface area contributed by atoms with E-state index in [1.807, 2.05) is 49.9 Å². The molecule has 0 aliphatic heterocycles. The molecule has 1 rings (SSSR count). The minimum Gasteiger partial charge on any atom is -0.355 e. The Balaban J connectivity index is 2.64. The van der Waals surface area contributed by atoms with Crippen molar-refractivity contribution < 1.29 is 9.59 Å². The van der Waals surface area contributed by atoms with Crippen LogP contribution < -0.4 is 10.6 Å². The summed E-state index contributed by atoms with van der Waals surface area (Å²) >= 11 is 0. The van der Waals surface area contributed by atoms with Crippen LogP contribution in [0, 0.1) is 6.92 Å². The van der Waals surface area contributed by atoms with Gasteiger partial charge in [-0.25, -0.2) is 0 Å². The lowest BCUT2D eigenvalue weighted by molar-refractivity contribution is -0.125. The van der Waals surface area contributed by atoms with Crippen molar-refractivity contribution in [3.8, 4) is 0 Å². The van der Waals surface area contributed by atoms with Gasteiger partial charge in [0.25, 0.3) is 0 Å². The average Bonchev–Trinajstić information content (AvgIpc) is 2.53. The van der Waals surface area contributed by atoms with Crippen LogP contribution in [0.3, 0.4) is 0 Å². The minimum atomic E-state index is -0.0396. The second-order valence-corrected chi connectivity index (χ2v) is 5.83. The first-order chi connectivity index (χ1) is 11.0. The van der Waals surface area contributed by atoms with Gasteiger partial charge in [-0.15, -0.1) is 0 Å². The molecular formula is C18H29N3O2. The summed E-state index contributed by atoms with van der Waals surface area (Å²) < 4.78 is 0. The molecule has 0 aliphatic rings. The van der Waals surface area contributed by atoms with Crippen molar-refractivity contribution in [3.63, 3.8) is 0 Å². The standard InChI is InChI=1S/C18H29N3O2/c1-4-10-19-17(22)13-21(14-18(23)20-11-5-2)12-16-8-6-15(3)7-9-16/h6-9H,4-5,10-14H2,1-3H3,(H,19,22)(H,20,23). The van der Waals surface area contributed by atoms with Crippen molar-refractivity contribution in [1.82, 2.24) is 15.5 Å². The highest BCUT2D eigenvalue weighted by Gasteiger charge is 2.14. The van der Waals surface area contributed by atoms with Crippen molar-refractivity contribution in [2.45, 2.75) is 40.2 Å². The zero-order valence-corrected chi connectivity index (χ0v) is 14.5. The van der Waals surface area contributed by atoms with Crippen LogP contribution in [0.2, 0.25) is 0 Å². The normalized spacial score (nSPS) is 10.6. The van der Waals surface area contributed by atoms with Crippen LogP contribution >= 0.6 is 0 Å². The summed E-state index contributed by atoms with van der Waals surface area (Å²) in [5, 5.41) is 5.72. The van der Waals surface area contributed by atoms with Gasteiger partial charge < -0.3 is 10.6 Å². The molecule has 0 bridgehead atoms. The Morgan fingerprint density at radius 2 is 1.39 bits per heavy atom. The Kier molecular flexibility index (Phi) is 8.98. The van der Waals surface area contributed by atoms with E-state index in [-0.39, 0.29) is 24.9 Å². The van der Waals surface area contributed by atoms with Gasteiger partial charge in [0.05, 0.1) is 13.1 Å². The van der Waals surface area contributed by atoms with Crippen LogP contribution in [-0.4, -0.2) is 42.9 Å². The lowest BCUT2D eigenvalue weighted by atomic mass is 10.1. The fourth-order valence-electron chi connectivity index (χ4n) is 2.17. The summed E-state index contributed by atoms with van der Waals surface area (Å²) in [5.74, 6) is -0.0792. The molecule has 128 valence electrons. The molecule has 23 heavy (non-hydrogen) atoms. The molecule has 5 heteroatoms. The second kappa shape index (κ2) is 10.8. The zero-order chi connectivity index (χ0) is 17.1. The molecule has 5 nitrogen and oxygen atoms in total. The summed E-state index contributed by atoms with van der Waals surface area (Å²) in [6, 6.07) is 8.16. The van der Waals surface area contributed by atoms with Crippen molar-refractivity contribution >= 4 is 11.8 Å². The molecule has 2 amide bonds. The topological polar surface area (TPSA) is 61.4 Å². The molecule has 0 aromatic heterocycles. The van der Waals surface area contributed by atoms with Crippen molar-refractivity contribution in [1.29, 1.82) is 0 Å². The highest BCUT2D eigenvalue weighted by molar-refractivity contribution is 5.81. The van der Waals surface area contributed by atoms with Gasteiger partial charge in [-0.1, -0.05) is 43.7 Å². The van der Waals surface area contributed by atoms with Crippen molar-refractivity contribution in [2.24, 2.45) is 0 Å². The van der Waals surface area contributed by atoms with Crippen molar-refractivity contribution in [3.05, 3.63) is 35.4 Å². The highest BCUT2D eigenvalue weighted by Crippen LogP contribution is 2.07. The molecule has 0 atom stereocenters. The van der Waals surface area contributed by atoms with Gasteiger partial charge in [-0.05, 0) is 25.3 Å². The molecule has 0 saturated heterocycles. The van der Waals surface area contributed by atoms with Crippen LogP contribution in [-0.2, 0) is 16.1 Å². The smallest absolute Gasteiger partial charge is 0.234 e. The number of carbonyl (C=O) groups is 2. The number of nitrogens with zero attached hydrogens (tertiary/aromatic N) is 1. The van der Waals surface area contributed by atoms with E-state index >= 15 is 0 Å². The quantitative estimate of drug-likeness (QED) is 0.692. The maximum absolute atomic E-state index is 12.0. The number of hydrogen-bond acceptors (Lipinski definition) is 3. The van der Waals surface area contributed by atoms with E-state index in [0.717, 1.165) is 18.4 Å². The van der Waals surface area contributed by atoms with Gasteiger partial charge in [-0.3, -0.25) is 14.5 Å². The van der Waals surface area contributed by atoms with Crippen LogP contribution in [0.5, 0.6) is 0 Å². The number of aryl methyl sites for hydroxylation is 1. The summed E-state index contributed by atoms with van der Waals surface area (Å²) in [6.07, 6.45) is 1.81. The first-order valence-corrected chi connectivity index (χ1v) is 8.36. The molecule has 0 unspecified atom stereocenters. The van der Waals surface area contributed by atoms with E-state index in [2.05, 4.69) is 10.6 Å². The predicted octanol–water partition coefficient (Wildman–Crippen LogP) is 1.85. The number of nitrogens with one attached hydrogen (secondary N) is 2. The zero-order valence-electron chi connectivity index (χ0n) is 14.5. The third-order valence-corrected chi connectivity index (χ3v) is 3.41. The van der Waals surface area contributed by atoms with E-state index in [4.69, 9.17) is 0 Å². The largest absolute Gasteiger partial charge is 0.355 e. The van der Waals surface area contributed by atoms with Gasteiger partial charge >= 0.3 is 0 Å². The maximum atomic E-state index is 12.0. The SMILES string of the molecule is CCCNC(=O)CN(CC(=O)NCCC)Cc1ccc(C)cc1. The van der Waals surface area contributed by atoms with Crippen LogP contribution in [0.1, 0.15) is 37.8 Å². The van der Waals surface area contributed by atoms with E-state index in [9.17, 15) is 9.59 Å².